The molecule has 2 heterocycles. The number of amides is 1. The van der Waals surface area contributed by atoms with E-state index in [4.69, 9.17) is 5.11 Å². The standard InChI is InChI=1S/C20H25N3O.C6H5O/c1-4-23(5-2)20(24)14-9-16-15-7-6-8-17-19(15)13(11-21-17)10-18(16)22(3)12-14;7-6-4-2-1-3-5-6/h6-9,11,14,18,21H,4-5,10,12H2,1-3H3;2-5,7H/t14-,18-;/m1./s1. The van der Waals surface area contributed by atoms with Gasteiger partial charge in [0, 0.05) is 42.8 Å². The van der Waals surface area contributed by atoms with E-state index in [1.807, 2.05) is 4.90 Å². The molecule has 3 aromatic rings. The Morgan fingerprint density at radius 3 is 2.61 bits per heavy atom. The van der Waals surface area contributed by atoms with Crippen LogP contribution in [0.3, 0.4) is 0 Å². The number of hydrogen-bond donors (Lipinski definition) is 2. The van der Waals surface area contributed by atoms with Gasteiger partial charge in [0.1, 0.15) is 5.75 Å². The summed E-state index contributed by atoms with van der Waals surface area (Å²) < 4.78 is 0. The van der Waals surface area contributed by atoms with E-state index in [9.17, 15) is 4.79 Å². The van der Waals surface area contributed by atoms with E-state index in [1.165, 1.54) is 27.6 Å². The Hall–Kier alpha value is -3.05. The van der Waals surface area contributed by atoms with Gasteiger partial charge in [0.25, 0.3) is 0 Å². The lowest BCUT2D eigenvalue weighted by molar-refractivity contribution is -0.134. The number of nitrogens with zero attached hydrogens (tertiary/aromatic N) is 2. The third kappa shape index (κ3) is 4.10. The van der Waals surface area contributed by atoms with Crippen LogP contribution in [0.5, 0.6) is 5.75 Å². The van der Waals surface area contributed by atoms with E-state index in [-0.39, 0.29) is 11.8 Å². The quantitative estimate of drug-likeness (QED) is 0.676. The maximum absolute atomic E-state index is 12.9. The number of phenols is 1. The molecule has 1 aliphatic carbocycles. The van der Waals surface area contributed by atoms with Crippen molar-refractivity contribution in [1.29, 1.82) is 0 Å². The van der Waals surface area contributed by atoms with Crippen molar-refractivity contribution in [3.8, 4) is 5.75 Å². The second kappa shape index (κ2) is 8.98. The Morgan fingerprint density at radius 1 is 1.23 bits per heavy atom. The highest BCUT2D eigenvalue weighted by molar-refractivity contribution is 5.99. The monoisotopic (exact) mass is 416 g/mol. The molecule has 2 aliphatic rings. The smallest absolute Gasteiger partial charge is 0.230 e. The van der Waals surface area contributed by atoms with E-state index < -0.39 is 0 Å². The zero-order valence-corrected chi connectivity index (χ0v) is 18.4. The van der Waals surface area contributed by atoms with Gasteiger partial charge in [-0.1, -0.05) is 30.3 Å². The summed E-state index contributed by atoms with van der Waals surface area (Å²) in [6.45, 7) is 6.47. The van der Waals surface area contributed by atoms with E-state index >= 15 is 0 Å². The molecule has 1 amide bonds. The highest BCUT2D eigenvalue weighted by atomic mass is 16.3. The first-order valence-electron chi connectivity index (χ1n) is 11.0. The van der Waals surface area contributed by atoms with Crippen molar-refractivity contribution in [2.75, 3.05) is 26.7 Å². The van der Waals surface area contributed by atoms with Gasteiger partial charge in [-0.25, -0.2) is 0 Å². The van der Waals surface area contributed by atoms with Crippen molar-refractivity contribution in [1.82, 2.24) is 14.8 Å². The maximum atomic E-state index is 12.9. The van der Waals surface area contributed by atoms with Crippen molar-refractivity contribution < 1.29 is 9.90 Å². The minimum atomic E-state index is -0.0445. The minimum absolute atomic E-state index is 0.0445. The molecule has 1 aromatic heterocycles. The van der Waals surface area contributed by atoms with Crippen molar-refractivity contribution in [2.24, 2.45) is 5.92 Å². The van der Waals surface area contributed by atoms with Gasteiger partial charge in [0.15, 0.2) is 0 Å². The van der Waals surface area contributed by atoms with E-state index in [0.717, 1.165) is 26.1 Å². The summed E-state index contributed by atoms with van der Waals surface area (Å²) in [4.78, 5) is 20.6. The third-order valence-corrected chi connectivity index (χ3v) is 6.36. The van der Waals surface area contributed by atoms with Gasteiger partial charge in [-0.3, -0.25) is 9.69 Å². The summed E-state index contributed by atoms with van der Waals surface area (Å²) in [6, 6.07) is 16.1. The summed E-state index contributed by atoms with van der Waals surface area (Å²) in [5.74, 6) is 0.500. The molecule has 5 nitrogen and oxygen atoms in total. The van der Waals surface area contributed by atoms with Crippen molar-refractivity contribution >= 4 is 22.4 Å². The average Bonchev–Trinajstić information content (AvgIpc) is 3.20. The molecule has 5 heteroatoms. The number of carbonyl (C=O) groups is 1. The van der Waals surface area contributed by atoms with Crippen molar-refractivity contribution in [3.05, 3.63) is 71.9 Å². The van der Waals surface area contributed by atoms with Crippen LogP contribution >= 0.6 is 0 Å². The number of carbonyl (C=O) groups excluding carboxylic acids is 1. The normalized spacial score (nSPS) is 19.8. The van der Waals surface area contributed by atoms with Crippen molar-refractivity contribution in [3.63, 3.8) is 0 Å². The number of aromatic hydroxyl groups is 1. The molecule has 1 radical (unpaired) electrons. The fourth-order valence-corrected chi connectivity index (χ4v) is 4.75. The van der Waals surface area contributed by atoms with Gasteiger partial charge in [-0.2, -0.15) is 0 Å². The first-order chi connectivity index (χ1) is 15.0. The lowest BCUT2D eigenvalue weighted by atomic mass is 9.79. The molecule has 0 bridgehead atoms. The molecule has 1 aliphatic heterocycles. The molecule has 0 saturated heterocycles. The molecule has 161 valence electrons. The number of fused-ring (bicyclic) bond motifs is 2. The second-order valence-corrected chi connectivity index (χ2v) is 8.20. The zero-order valence-electron chi connectivity index (χ0n) is 18.4. The number of aromatic amines is 1. The molecule has 5 rings (SSSR count). The summed E-state index contributed by atoms with van der Waals surface area (Å²) in [7, 11) is 2.15. The van der Waals surface area contributed by atoms with E-state index in [0.29, 0.717) is 11.8 Å². The summed E-state index contributed by atoms with van der Waals surface area (Å²) >= 11 is 0. The Balaban J connectivity index is 0.000000282. The van der Waals surface area contributed by atoms with Crippen LogP contribution in [0.1, 0.15) is 25.0 Å². The van der Waals surface area contributed by atoms with E-state index in [2.05, 4.69) is 67.3 Å². The Kier molecular flexibility index (Phi) is 6.14. The molecule has 0 unspecified atom stereocenters. The zero-order chi connectivity index (χ0) is 22.0. The van der Waals surface area contributed by atoms with Gasteiger partial charge in [-0.15, -0.1) is 0 Å². The minimum Gasteiger partial charge on any atom is -0.508 e. The third-order valence-electron chi connectivity index (χ3n) is 6.36. The molecular formula is C26H30N3O2. The molecule has 31 heavy (non-hydrogen) atoms. The van der Waals surface area contributed by atoms with Crippen LogP contribution in [-0.2, 0) is 11.2 Å². The van der Waals surface area contributed by atoms with Gasteiger partial charge < -0.3 is 15.0 Å². The topological polar surface area (TPSA) is 59.6 Å². The molecule has 2 atom stereocenters. The number of benzene rings is 2. The average molecular weight is 417 g/mol. The van der Waals surface area contributed by atoms with Crippen LogP contribution in [0.2, 0.25) is 0 Å². The van der Waals surface area contributed by atoms with Crippen LogP contribution in [0.4, 0.5) is 0 Å². The second-order valence-electron chi connectivity index (χ2n) is 8.20. The molecule has 2 aromatic carbocycles. The lowest BCUT2D eigenvalue weighted by Crippen LogP contribution is -2.47. The van der Waals surface area contributed by atoms with Crippen LogP contribution < -0.4 is 0 Å². The predicted molar refractivity (Wildman–Crippen MR) is 125 cm³/mol. The molecule has 0 spiro atoms. The van der Waals surface area contributed by atoms with Crippen LogP contribution in [0, 0.1) is 12.0 Å². The SMILES string of the molecule is CCN(CC)C(=O)[C@@H]1C=C2c3cccc4[nH]cc(c34)C[C@H]2N(C)C1.Oc1cc[c]cc1. The predicted octanol–water partition coefficient (Wildman–Crippen LogP) is 4.10. The Labute approximate surface area is 184 Å². The van der Waals surface area contributed by atoms with Gasteiger partial charge >= 0.3 is 0 Å². The van der Waals surface area contributed by atoms with Crippen LogP contribution in [0.25, 0.3) is 16.5 Å². The first-order valence-corrected chi connectivity index (χ1v) is 11.0. The highest BCUT2D eigenvalue weighted by Crippen LogP contribution is 2.40. The number of likely N-dealkylation sites (N-methyl/N-ethyl adjacent to an activating group) is 1. The van der Waals surface area contributed by atoms with Gasteiger partial charge in [-0.05, 0) is 68.3 Å². The van der Waals surface area contributed by atoms with Gasteiger partial charge in [0.2, 0.25) is 5.91 Å². The number of nitrogens with one attached hydrogen (secondary N) is 1. The number of H-pyrrole nitrogens is 1. The molecule has 0 fully saturated rings. The highest BCUT2D eigenvalue weighted by Gasteiger charge is 2.36. The maximum Gasteiger partial charge on any atom is 0.230 e. The van der Waals surface area contributed by atoms with Crippen LogP contribution in [0.15, 0.2) is 54.7 Å². The van der Waals surface area contributed by atoms with E-state index in [1.54, 1.807) is 24.3 Å². The molecular weight excluding hydrogens is 386 g/mol. The number of phenolic OH excluding ortho intramolecular Hbond substituents is 1. The first kappa shape index (κ1) is 21.2. The molecule has 0 saturated carbocycles. The van der Waals surface area contributed by atoms with Crippen molar-refractivity contribution in [2.45, 2.75) is 26.3 Å². The van der Waals surface area contributed by atoms with Gasteiger partial charge in [0.05, 0.1) is 5.92 Å². The Bertz CT molecular complexity index is 1080. The molecule has 2 N–H and O–H groups in total. The Morgan fingerprint density at radius 2 is 1.97 bits per heavy atom. The fourth-order valence-electron chi connectivity index (χ4n) is 4.75. The fraction of sp³-hybridized carbons (Fsp3) is 0.346. The number of hydrogen-bond acceptors (Lipinski definition) is 3. The number of rotatable bonds is 3. The summed E-state index contributed by atoms with van der Waals surface area (Å²) in [5.41, 5.74) is 5.21. The lowest BCUT2D eigenvalue weighted by Gasteiger charge is -2.40. The summed E-state index contributed by atoms with van der Waals surface area (Å²) in [6.07, 6.45) is 5.41. The van der Waals surface area contributed by atoms with Crippen LogP contribution in [-0.4, -0.2) is 58.5 Å². The largest absolute Gasteiger partial charge is 0.508 e. The number of aromatic nitrogens is 1. The summed E-state index contributed by atoms with van der Waals surface area (Å²) in [5, 5.41) is 9.95.